The van der Waals surface area contributed by atoms with Crippen LogP contribution in [0.5, 0.6) is 0 Å². The maximum Gasteiger partial charge on any atom is 0.226 e. The first-order valence-electron chi connectivity index (χ1n) is 0.801. The van der Waals surface area contributed by atoms with Crippen molar-refractivity contribution in [3.63, 3.8) is 0 Å². The normalized spacial score (nSPS) is 9.00. The van der Waals surface area contributed by atoms with Crippen molar-refractivity contribution in [2.75, 3.05) is 0 Å². The fraction of sp³-hybridized carbons (Fsp3) is 0. The first kappa shape index (κ1) is 3.88. The summed E-state index contributed by atoms with van der Waals surface area (Å²) in [6, 6.07) is 0. The minimum atomic E-state index is -0.583. The average molecular weight is 61.1 g/mol. The second-order valence-corrected chi connectivity index (χ2v) is 0.425. The predicted molar refractivity (Wildman–Crippen MR) is 13.6 cm³/mol. The topological polar surface area (TPSA) is 72.3 Å². The Bertz CT molecular complexity index is 10.8. The molecule has 0 aromatic carbocycles. The molecule has 0 unspecified atom stereocenters. The van der Waals surface area contributed by atoms with Crippen LogP contribution in [-0.2, 0) is 0 Å². The zero-order valence-corrected chi connectivity index (χ0v) is 2.10. The highest BCUT2D eigenvalue weighted by molar-refractivity contribution is 4.44. The Morgan fingerprint density at radius 2 is 1.50 bits per heavy atom. The van der Waals surface area contributed by atoms with Gasteiger partial charge in [0.05, 0.1) is 0 Å². The third-order valence-corrected chi connectivity index (χ3v) is 0. The summed E-state index contributed by atoms with van der Waals surface area (Å²) in [7, 11) is 0. The lowest BCUT2D eigenvalue weighted by atomic mass is 11.1. The molecule has 5 N–H and O–H groups in total. The summed E-state index contributed by atoms with van der Waals surface area (Å²) in [5.74, 6) is 0. The van der Waals surface area contributed by atoms with Crippen LogP contribution in [0, 0.1) is 6.35 Å². The van der Waals surface area contributed by atoms with E-state index in [1.165, 1.54) is 0 Å². The molecule has 1 radical (unpaired) electrons. The summed E-state index contributed by atoms with van der Waals surface area (Å²) in [4.78, 5) is 0. The van der Waals surface area contributed by atoms with Gasteiger partial charge in [0.25, 0.3) is 0 Å². The minimum Gasteiger partial charge on any atom is -0.359 e. The first-order valence-corrected chi connectivity index (χ1v) is 0.801. The number of nitrogens with two attached hydrogens (primary N) is 2. The van der Waals surface area contributed by atoms with Crippen LogP contribution in [0.25, 0.3) is 0 Å². The number of rotatable bonds is 0. The zero-order chi connectivity index (χ0) is 3.58. The van der Waals surface area contributed by atoms with Gasteiger partial charge in [0.15, 0.2) is 0 Å². The molecule has 0 rings (SSSR count). The molecule has 25 valence electrons. The lowest BCUT2D eigenvalue weighted by Gasteiger charge is -1.79. The van der Waals surface area contributed by atoms with Crippen LogP contribution in [0.1, 0.15) is 0 Å². The van der Waals surface area contributed by atoms with Gasteiger partial charge in [0.1, 0.15) is 0 Å². The molecule has 0 atom stereocenters. The van der Waals surface area contributed by atoms with Crippen molar-refractivity contribution in [3.05, 3.63) is 6.35 Å². The van der Waals surface area contributed by atoms with E-state index >= 15 is 0 Å². The Balaban J connectivity index is 2.32. The van der Waals surface area contributed by atoms with Crippen molar-refractivity contribution in [1.29, 1.82) is 0 Å². The molecular formula is CH5N2O. The number of aliphatic hydroxyl groups is 1. The van der Waals surface area contributed by atoms with Gasteiger partial charge in [0.2, 0.25) is 6.35 Å². The van der Waals surface area contributed by atoms with Gasteiger partial charge >= 0.3 is 0 Å². The maximum atomic E-state index is 7.53. The van der Waals surface area contributed by atoms with Crippen molar-refractivity contribution in [2.24, 2.45) is 11.5 Å². The number of hydrogen-bond donors (Lipinski definition) is 3. The highest BCUT2D eigenvalue weighted by atomic mass is 16.3. The van der Waals surface area contributed by atoms with E-state index in [1.807, 2.05) is 0 Å². The van der Waals surface area contributed by atoms with E-state index in [0.717, 1.165) is 0 Å². The van der Waals surface area contributed by atoms with Gasteiger partial charge in [-0.2, -0.15) is 0 Å². The summed E-state index contributed by atoms with van der Waals surface area (Å²) in [6.07, 6.45) is -0.583. The van der Waals surface area contributed by atoms with Crippen LogP contribution in [0.4, 0.5) is 0 Å². The van der Waals surface area contributed by atoms with Crippen LogP contribution >= 0.6 is 0 Å². The van der Waals surface area contributed by atoms with E-state index in [2.05, 4.69) is 11.5 Å². The molecule has 0 aromatic heterocycles. The Labute approximate surface area is 24.2 Å². The van der Waals surface area contributed by atoms with E-state index in [4.69, 9.17) is 5.11 Å². The van der Waals surface area contributed by atoms with Gasteiger partial charge in [-0.3, -0.25) is 11.5 Å². The Kier molecular flexibility index (Phi) is 1.19. The van der Waals surface area contributed by atoms with Crippen molar-refractivity contribution in [2.45, 2.75) is 0 Å². The van der Waals surface area contributed by atoms with Crippen LogP contribution in [0.2, 0.25) is 0 Å². The molecule has 0 heterocycles. The lowest BCUT2D eigenvalue weighted by Crippen LogP contribution is -2.18. The second kappa shape index (κ2) is 1.23. The standard InChI is InChI=1S/CH5N2O/c2-1(3)4/h4H,2-3H2. The molecule has 0 bridgehead atoms. The monoisotopic (exact) mass is 61.0 g/mol. The third kappa shape index (κ3) is 101. The van der Waals surface area contributed by atoms with Gasteiger partial charge in [-0.25, -0.2) is 0 Å². The van der Waals surface area contributed by atoms with Crippen LogP contribution in [0.3, 0.4) is 0 Å². The lowest BCUT2D eigenvalue weighted by molar-refractivity contribution is 0.304. The van der Waals surface area contributed by atoms with E-state index < -0.39 is 6.35 Å². The molecule has 0 spiro atoms. The molecular weight excluding hydrogens is 56.0 g/mol. The van der Waals surface area contributed by atoms with Crippen molar-refractivity contribution in [3.8, 4) is 0 Å². The van der Waals surface area contributed by atoms with Crippen LogP contribution < -0.4 is 11.5 Å². The molecule has 0 saturated heterocycles. The minimum absolute atomic E-state index is 0.583. The highest BCUT2D eigenvalue weighted by Gasteiger charge is 1.71. The summed E-state index contributed by atoms with van der Waals surface area (Å²) < 4.78 is 0. The Hall–Kier alpha value is -0.120. The average Bonchev–Trinajstić information content (AvgIpc) is 0.811. The Morgan fingerprint density at radius 3 is 1.50 bits per heavy atom. The molecule has 0 aromatic rings. The van der Waals surface area contributed by atoms with Crippen molar-refractivity contribution in [1.82, 2.24) is 0 Å². The molecule has 0 amide bonds. The first-order chi connectivity index (χ1) is 1.73. The number of aliphatic hydroxyl groups excluding tert-OH is 1. The summed E-state index contributed by atoms with van der Waals surface area (Å²) in [5.41, 5.74) is 8.72. The quantitative estimate of drug-likeness (QED) is 0.327. The Morgan fingerprint density at radius 1 is 1.50 bits per heavy atom. The van der Waals surface area contributed by atoms with Gasteiger partial charge in [-0.1, -0.05) is 0 Å². The van der Waals surface area contributed by atoms with Gasteiger partial charge in [-0.05, 0) is 0 Å². The van der Waals surface area contributed by atoms with Gasteiger partial charge < -0.3 is 5.11 Å². The van der Waals surface area contributed by atoms with Gasteiger partial charge in [-0.15, -0.1) is 0 Å². The molecule has 4 heavy (non-hydrogen) atoms. The molecule has 3 nitrogen and oxygen atoms in total. The van der Waals surface area contributed by atoms with E-state index in [1.54, 1.807) is 0 Å². The highest BCUT2D eigenvalue weighted by Crippen LogP contribution is 1.46. The van der Waals surface area contributed by atoms with Crippen molar-refractivity contribution < 1.29 is 5.11 Å². The van der Waals surface area contributed by atoms with E-state index in [9.17, 15) is 0 Å². The molecule has 3 heteroatoms. The summed E-state index contributed by atoms with van der Waals surface area (Å²) in [6.45, 7) is 0. The second-order valence-electron chi connectivity index (χ2n) is 0.425. The molecule has 0 saturated carbocycles. The SMILES string of the molecule is N[C](N)O. The largest absolute Gasteiger partial charge is 0.359 e. The maximum absolute atomic E-state index is 7.53. The third-order valence-electron chi connectivity index (χ3n) is 0. The number of hydrogen-bond acceptors (Lipinski definition) is 3. The zero-order valence-electron chi connectivity index (χ0n) is 2.10. The predicted octanol–water partition coefficient (Wildman–Crippen LogP) is -1.28. The fourth-order valence-electron chi connectivity index (χ4n) is 0. The van der Waals surface area contributed by atoms with Crippen LogP contribution in [-0.4, -0.2) is 5.11 Å². The summed E-state index contributed by atoms with van der Waals surface area (Å²) in [5, 5.41) is 7.53. The summed E-state index contributed by atoms with van der Waals surface area (Å²) >= 11 is 0. The van der Waals surface area contributed by atoms with Crippen LogP contribution in [0.15, 0.2) is 0 Å². The molecule has 0 aliphatic carbocycles. The fourth-order valence-corrected chi connectivity index (χ4v) is 0. The molecule has 0 fully saturated rings. The van der Waals surface area contributed by atoms with E-state index in [-0.39, 0.29) is 0 Å². The molecule has 0 aliphatic heterocycles. The van der Waals surface area contributed by atoms with Gasteiger partial charge in [0, 0.05) is 0 Å². The smallest absolute Gasteiger partial charge is 0.226 e. The van der Waals surface area contributed by atoms with E-state index in [0.29, 0.717) is 0 Å². The van der Waals surface area contributed by atoms with Crippen molar-refractivity contribution >= 4 is 0 Å². The molecule has 0 aliphatic rings.